The van der Waals surface area contributed by atoms with Crippen molar-refractivity contribution in [2.45, 2.75) is 31.7 Å². The fourth-order valence-corrected chi connectivity index (χ4v) is 3.90. The van der Waals surface area contributed by atoms with Crippen LogP contribution in [0, 0.1) is 5.92 Å². The van der Waals surface area contributed by atoms with E-state index in [1.54, 1.807) is 7.05 Å². The topological polar surface area (TPSA) is 52.7 Å². The molecule has 1 saturated carbocycles. The number of rotatable bonds is 3. The van der Waals surface area contributed by atoms with Crippen LogP contribution in [0.5, 0.6) is 0 Å². The number of amides is 2. The summed E-state index contributed by atoms with van der Waals surface area (Å²) in [4.78, 5) is 29.0. The highest BCUT2D eigenvalue weighted by Gasteiger charge is 2.33. The van der Waals surface area contributed by atoms with E-state index in [-0.39, 0.29) is 17.9 Å². The lowest BCUT2D eigenvalue weighted by molar-refractivity contribution is -0.138. The summed E-state index contributed by atoms with van der Waals surface area (Å²) in [5.41, 5.74) is 1.77. The predicted octanol–water partition coefficient (Wildman–Crippen LogP) is 2.05. The van der Waals surface area contributed by atoms with Crippen molar-refractivity contribution >= 4 is 11.8 Å². The maximum atomic E-state index is 12.7. The second-order valence-corrected chi connectivity index (χ2v) is 6.97. The summed E-state index contributed by atoms with van der Waals surface area (Å²) in [5.74, 6) is 0.480. The average molecular weight is 329 g/mol. The van der Waals surface area contributed by atoms with Gasteiger partial charge in [-0.25, -0.2) is 0 Å². The molecule has 0 aromatic heterocycles. The summed E-state index contributed by atoms with van der Waals surface area (Å²) in [6.45, 7) is 2.38. The van der Waals surface area contributed by atoms with Gasteiger partial charge in [0, 0.05) is 38.2 Å². The Hall–Kier alpha value is -1.88. The summed E-state index contributed by atoms with van der Waals surface area (Å²) < 4.78 is 0. The molecule has 1 heterocycles. The summed E-state index contributed by atoms with van der Waals surface area (Å²) >= 11 is 0. The Labute approximate surface area is 144 Å². The number of carbonyl (C=O) groups is 2. The van der Waals surface area contributed by atoms with E-state index in [2.05, 4.69) is 23.3 Å². The standard InChI is InChI=1S/C19H27N3O2/c1-20-18(23)16-9-5-8-15(12-16)17-13-22(11-10-21(17)2)19(24)14-6-3-4-7-14/h5,8-9,12,14,17H,3-4,6-7,10-11,13H2,1-2H3,(H,20,23)/t17-/m1/s1. The summed E-state index contributed by atoms with van der Waals surface area (Å²) in [6, 6.07) is 7.90. The normalized spacial score (nSPS) is 22.6. The smallest absolute Gasteiger partial charge is 0.251 e. The fraction of sp³-hybridized carbons (Fsp3) is 0.579. The van der Waals surface area contributed by atoms with Crippen LogP contribution in [0.4, 0.5) is 0 Å². The zero-order chi connectivity index (χ0) is 17.1. The van der Waals surface area contributed by atoms with E-state index in [4.69, 9.17) is 0 Å². The molecule has 0 radical (unpaired) electrons. The molecular formula is C19H27N3O2. The van der Waals surface area contributed by atoms with Crippen molar-refractivity contribution in [3.63, 3.8) is 0 Å². The minimum Gasteiger partial charge on any atom is -0.355 e. The van der Waals surface area contributed by atoms with Crippen LogP contribution in [0.2, 0.25) is 0 Å². The van der Waals surface area contributed by atoms with Crippen LogP contribution in [0.3, 0.4) is 0 Å². The Bertz CT molecular complexity index is 610. The largest absolute Gasteiger partial charge is 0.355 e. The van der Waals surface area contributed by atoms with Crippen LogP contribution in [-0.4, -0.2) is 55.3 Å². The quantitative estimate of drug-likeness (QED) is 0.923. The van der Waals surface area contributed by atoms with Gasteiger partial charge in [0.15, 0.2) is 0 Å². The van der Waals surface area contributed by atoms with Crippen LogP contribution >= 0.6 is 0 Å². The van der Waals surface area contributed by atoms with Crippen molar-refractivity contribution in [2.24, 2.45) is 5.92 Å². The van der Waals surface area contributed by atoms with Gasteiger partial charge >= 0.3 is 0 Å². The van der Waals surface area contributed by atoms with Crippen LogP contribution in [-0.2, 0) is 4.79 Å². The van der Waals surface area contributed by atoms with Crippen molar-refractivity contribution in [3.05, 3.63) is 35.4 Å². The van der Waals surface area contributed by atoms with Gasteiger partial charge in [0.2, 0.25) is 5.91 Å². The number of piperazine rings is 1. The molecule has 5 nitrogen and oxygen atoms in total. The Balaban J connectivity index is 1.76. The minimum absolute atomic E-state index is 0.0748. The van der Waals surface area contributed by atoms with E-state index in [9.17, 15) is 9.59 Å². The molecule has 3 rings (SSSR count). The van der Waals surface area contributed by atoms with Crippen molar-refractivity contribution < 1.29 is 9.59 Å². The van der Waals surface area contributed by atoms with Gasteiger partial charge in [-0.3, -0.25) is 14.5 Å². The average Bonchev–Trinajstić information content (AvgIpc) is 3.15. The number of hydrogen-bond acceptors (Lipinski definition) is 3. The number of carbonyl (C=O) groups excluding carboxylic acids is 2. The van der Waals surface area contributed by atoms with Gasteiger partial charge in [-0.15, -0.1) is 0 Å². The highest BCUT2D eigenvalue weighted by molar-refractivity contribution is 5.94. The van der Waals surface area contributed by atoms with Gasteiger partial charge < -0.3 is 10.2 Å². The highest BCUT2D eigenvalue weighted by Crippen LogP contribution is 2.30. The fourth-order valence-electron chi connectivity index (χ4n) is 3.90. The van der Waals surface area contributed by atoms with E-state index >= 15 is 0 Å². The molecule has 1 atom stereocenters. The Morgan fingerprint density at radius 3 is 2.62 bits per heavy atom. The molecule has 1 aliphatic heterocycles. The molecule has 1 aromatic carbocycles. The second kappa shape index (κ2) is 7.34. The zero-order valence-corrected chi connectivity index (χ0v) is 14.6. The number of nitrogens with one attached hydrogen (secondary N) is 1. The first-order valence-electron chi connectivity index (χ1n) is 8.91. The van der Waals surface area contributed by atoms with Gasteiger partial charge in [-0.05, 0) is 37.6 Å². The van der Waals surface area contributed by atoms with Gasteiger partial charge in [0.05, 0.1) is 6.04 Å². The molecule has 0 spiro atoms. The Kier molecular flexibility index (Phi) is 5.19. The van der Waals surface area contributed by atoms with Gasteiger partial charge in [0.1, 0.15) is 0 Å². The van der Waals surface area contributed by atoms with Crippen molar-refractivity contribution in [2.75, 3.05) is 33.7 Å². The number of likely N-dealkylation sites (N-methyl/N-ethyl adjacent to an activating group) is 1. The molecule has 2 fully saturated rings. The maximum absolute atomic E-state index is 12.7. The van der Waals surface area contributed by atoms with Gasteiger partial charge in [-0.1, -0.05) is 25.0 Å². The van der Waals surface area contributed by atoms with E-state index < -0.39 is 0 Å². The van der Waals surface area contributed by atoms with Crippen LogP contribution in [0.15, 0.2) is 24.3 Å². The summed E-state index contributed by atoms with van der Waals surface area (Å²) in [5, 5.41) is 2.67. The molecule has 1 N–H and O–H groups in total. The van der Waals surface area contributed by atoms with Crippen molar-refractivity contribution in [3.8, 4) is 0 Å². The Morgan fingerprint density at radius 1 is 1.17 bits per heavy atom. The Morgan fingerprint density at radius 2 is 1.92 bits per heavy atom. The lowest BCUT2D eigenvalue weighted by Crippen LogP contribution is -2.50. The second-order valence-electron chi connectivity index (χ2n) is 6.97. The third kappa shape index (κ3) is 3.46. The number of nitrogens with zero attached hydrogens (tertiary/aromatic N) is 2. The van der Waals surface area contributed by atoms with Crippen LogP contribution in [0.1, 0.15) is 47.6 Å². The molecule has 1 aliphatic carbocycles. The van der Waals surface area contributed by atoms with E-state index in [0.717, 1.165) is 31.5 Å². The molecular weight excluding hydrogens is 302 g/mol. The predicted molar refractivity (Wildman–Crippen MR) is 93.7 cm³/mol. The molecule has 2 aliphatic rings. The molecule has 0 bridgehead atoms. The molecule has 2 amide bonds. The van der Waals surface area contributed by atoms with Crippen molar-refractivity contribution in [1.82, 2.24) is 15.1 Å². The highest BCUT2D eigenvalue weighted by atomic mass is 16.2. The third-order valence-corrected chi connectivity index (χ3v) is 5.42. The van der Waals surface area contributed by atoms with E-state index in [0.29, 0.717) is 18.0 Å². The molecule has 1 aromatic rings. The lowest BCUT2D eigenvalue weighted by atomic mass is 9.98. The SMILES string of the molecule is CNC(=O)c1cccc([C@H]2CN(C(=O)C3CCCC3)CCN2C)c1. The van der Waals surface area contributed by atoms with Gasteiger partial charge in [-0.2, -0.15) is 0 Å². The number of hydrogen-bond donors (Lipinski definition) is 1. The first-order chi connectivity index (χ1) is 11.6. The van der Waals surface area contributed by atoms with E-state index in [1.807, 2.05) is 23.1 Å². The van der Waals surface area contributed by atoms with Crippen molar-refractivity contribution in [1.29, 1.82) is 0 Å². The molecule has 5 heteroatoms. The van der Waals surface area contributed by atoms with Crippen LogP contribution < -0.4 is 5.32 Å². The van der Waals surface area contributed by atoms with E-state index in [1.165, 1.54) is 12.8 Å². The maximum Gasteiger partial charge on any atom is 0.251 e. The first-order valence-corrected chi connectivity index (χ1v) is 8.91. The first kappa shape index (κ1) is 17.0. The zero-order valence-electron chi connectivity index (χ0n) is 14.6. The lowest BCUT2D eigenvalue weighted by Gasteiger charge is -2.40. The van der Waals surface area contributed by atoms with Gasteiger partial charge in [0.25, 0.3) is 5.91 Å². The number of benzene rings is 1. The molecule has 130 valence electrons. The molecule has 24 heavy (non-hydrogen) atoms. The summed E-state index contributed by atoms with van der Waals surface area (Å²) in [6.07, 6.45) is 4.45. The third-order valence-electron chi connectivity index (χ3n) is 5.42. The monoisotopic (exact) mass is 329 g/mol. The van der Waals surface area contributed by atoms with Crippen LogP contribution in [0.25, 0.3) is 0 Å². The summed E-state index contributed by atoms with van der Waals surface area (Å²) in [7, 11) is 3.73. The minimum atomic E-state index is -0.0748. The molecule has 1 saturated heterocycles. The molecule has 0 unspecified atom stereocenters.